The molecule has 3 rings (SSSR count). The number of likely N-dealkylation sites (tertiary alicyclic amines) is 1. The molecule has 1 aliphatic heterocycles. The summed E-state index contributed by atoms with van der Waals surface area (Å²) < 4.78 is 10.2. The summed E-state index contributed by atoms with van der Waals surface area (Å²) in [6.45, 7) is 4.11. The van der Waals surface area contributed by atoms with Crippen LogP contribution in [0.25, 0.3) is 0 Å². The molecule has 136 valence electrons. The number of para-hydroxylation sites is 1. The zero-order chi connectivity index (χ0) is 17.5. The van der Waals surface area contributed by atoms with Gasteiger partial charge in [0.25, 0.3) is 0 Å². The number of hydrogen-bond acceptors (Lipinski definition) is 7. The molecule has 2 N–H and O–H groups in total. The van der Waals surface area contributed by atoms with Gasteiger partial charge < -0.3 is 19.7 Å². The standard InChI is InChI=1S/C18H26N4O3/c1-24-13-17-20-18(25-21-17)10-19-16-5-3-2-4-15(16)11-22-8-6-14(12-23)7-9-22/h2-5,14,19,23H,6-13H2,1H3. The number of nitrogens with one attached hydrogen (secondary N) is 1. The normalized spacial score (nSPS) is 16.2. The number of methoxy groups -OCH3 is 1. The molecule has 1 aliphatic rings. The zero-order valence-electron chi connectivity index (χ0n) is 14.6. The first kappa shape index (κ1) is 17.8. The molecule has 0 saturated carbocycles. The molecule has 2 heterocycles. The summed E-state index contributed by atoms with van der Waals surface area (Å²) in [6.07, 6.45) is 2.13. The smallest absolute Gasteiger partial charge is 0.246 e. The first-order chi connectivity index (χ1) is 12.3. The summed E-state index contributed by atoms with van der Waals surface area (Å²) in [7, 11) is 1.61. The Morgan fingerprint density at radius 2 is 2.12 bits per heavy atom. The maximum atomic E-state index is 9.27. The van der Waals surface area contributed by atoms with Crippen LogP contribution in [0.15, 0.2) is 28.8 Å². The molecule has 1 aromatic carbocycles. The van der Waals surface area contributed by atoms with Gasteiger partial charge in [0.1, 0.15) is 6.61 Å². The lowest BCUT2D eigenvalue weighted by molar-refractivity contribution is 0.127. The molecule has 1 saturated heterocycles. The molecule has 0 amide bonds. The van der Waals surface area contributed by atoms with E-state index in [1.807, 2.05) is 6.07 Å². The maximum absolute atomic E-state index is 9.27. The van der Waals surface area contributed by atoms with E-state index in [4.69, 9.17) is 9.26 Å². The number of hydrogen-bond donors (Lipinski definition) is 2. The predicted molar refractivity (Wildman–Crippen MR) is 93.9 cm³/mol. The number of aliphatic hydroxyl groups excluding tert-OH is 1. The van der Waals surface area contributed by atoms with Gasteiger partial charge in [-0.25, -0.2) is 0 Å². The molecular formula is C18H26N4O3. The second-order valence-electron chi connectivity index (χ2n) is 6.45. The maximum Gasteiger partial charge on any atom is 0.246 e. The van der Waals surface area contributed by atoms with E-state index in [1.165, 1.54) is 5.56 Å². The van der Waals surface area contributed by atoms with Crippen LogP contribution in [0.2, 0.25) is 0 Å². The van der Waals surface area contributed by atoms with Crippen LogP contribution in [0.1, 0.15) is 30.1 Å². The molecule has 1 aromatic heterocycles. The highest BCUT2D eigenvalue weighted by molar-refractivity contribution is 5.51. The van der Waals surface area contributed by atoms with Crippen molar-refractivity contribution in [3.05, 3.63) is 41.5 Å². The number of anilines is 1. The summed E-state index contributed by atoms with van der Waals surface area (Å²) in [6, 6.07) is 8.30. The van der Waals surface area contributed by atoms with Crippen LogP contribution in [-0.4, -0.2) is 47.0 Å². The second-order valence-corrected chi connectivity index (χ2v) is 6.45. The van der Waals surface area contributed by atoms with Gasteiger partial charge in [-0.2, -0.15) is 4.98 Å². The van der Waals surface area contributed by atoms with Crippen LogP contribution in [0.4, 0.5) is 5.69 Å². The van der Waals surface area contributed by atoms with E-state index in [0.29, 0.717) is 37.4 Å². The van der Waals surface area contributed by atoms with Gasteiger partial charge in [0.05, 0.1) is 6.54 Å². The highest BCUT2D eigenvalue weighted by atomic mass is 16.5. The van der Waals surface area contributed by atoms with Gasteiger partial charge in [-0.3, -0.25) is 4.90 Å². The van der Waals surface area contributed by atoms with E-state index in [9.17, 15) is 5.11 Å². The molecule has 2 aromatic rings. The average molecular weight is 346 g/mol. The lowest BCUT2D eigenvalue weighted by Gasteiger charge is -2.31. The first-order valence-electron chi connectivity index (χ1n) is 8.74. The minimum atomic E-state index is 0.307. The van der Waals surface area contributed by atoms with Crippen molar-refractivity contribution in [2.24, 2.45) is 5.92 Å². The summed E-state index contributed by atoms with van der Waals surface area (Å²) in [5, 5.41) is 16.5. The molecule has 0 radical (unpaired) electrons. The van der Waals surface area contributed by atoms with Crippen molar-refractivity contribution in [3.63, 3.8) is 0 Å². The Kier molecular flexibility index (Phi) is 6.38. The Balaban J connectivity index is 1.57. The number of nitrogens with zero attached hydrogens (tertiary/aromatic N) is 3. The van der Waals surface area contributed by atoms with Crippen LogP contribution in [0.3, 0.4) is 0 Å². The number of benzene rings is 1. The van der Waals surface area contributed by atoms with Gasteiger partial charge in [0.2, 0.25) is 5.89 Å². The molecule has 0 unspecified atom stereocenters. The lowest BCUT2D eigenvalue weighted by Crippen LogP contribution is -2.34. The highest BCUT2D eigenvalue weighted by Gasteiger charge is 2.19. The van der Waals surface area contributed by atoms with E-state index >= 15 is 0 Å². The van der Waals surface area contributed by atoms with Crippen molar-refractivity contribution in [1.82, 2.24) is 15.0 Å². The van der Waals surface area contributed by atoms with Crippen LogP contribution < -0.4 is 5.32 Å². The third kappa shape index (κ3) is 5.01. The van der Waals surface area contributed by atoms with E-state index in [-0.39, 0.29) is 0 Å². The van der Waals surface area contributed by atoms with Crippen molar-refractivity contribution in [2.45, 2.75) is 32.5 Å². The Morgan fingerprint density at radius 1 is 1.32 bits per heavy atom. The fourth-order valence-corrected chi connectivity index (χ4v) is 3.12. The van der Waals surface area contributed by atoms with Gasteiger partial charge in [0.15, 0.2) is 5.82 Å². The summed E-state index contributed by atoms with van der Waals surface area (Å²) in [5.74, 6) is 1.56. The van der Waals surface area contributed by atoms with Gasteiger partial charge in [-0.15, -0.1) is 0 Å². The summed E-state index contributed by atoms with van der Waals surface area (Å²) >= 11 is 0. The second kappa shape index (κ2) is 8.94. The SMILES string of the molecule is COCc1noc(CNc2ccccc2CN2CCC(CO)CC2)n1. The quantitative estimate of drug-likeness (QED) is 0.756. The van der Waals surface area contributed by atoms with Crippen LogP contribution in [0.5, 0.6) is 0 Å². The first-order valence-corrected chi connectivity index (χ1v) is 8.74. The lowest BCUT2D eigenvalue weighted by atomic mass is 9.97. The van der Waals surface area contributed by atoms with Gasteiger partial charge >= 0.3 is 0 Å². The Bertz CT molecular complexity index is 653. The van der Waals surface area contributed by atoms with Crippen molar-refractivity contribution >= 4 is 5.69 Å². The number of aromatic nitrogens is 2. The van der Waals surface area contributed by atoms with Gasteiger partial charge in [-0.05, 0) is 43.5 Å². The molecule has 0 spiro atoms. The van der Waals surface area contributed by atoms with Crippen molar-refractivity contribution in [1.29, 1.82) is 0 Å². The van der Waals surface area contributed by atoms with Gasteiger partial charge in [0, 0.05) is 25.9 Å². The van der Waals surface area contributed by atoms with Crippen LogP contribution in [0, 0.1) is 5.92 Å². The number of ether oxygens (including phenoxy) is 1. The molecule has 0 atom stereocenters. The van der Waals surface area contributed by atoms with Gasteiger partial charge in [-0.1, -0.05) is 23.4 Å². The molecule has 1 fully saturated rings. The summed E-state index contributed by atoms with van der Waals surface area (Å²) in [5.41, 5.74) is 2.33. The van der Waals surface area contributed by atoms with E-state index < -0.39 is 0 Å². The third-order valence-electron chi connectivity index (χ3n) is 4.59. The fraction of sp³-hybridized carbons (Fsp3) is 0.556. The predicted octanol–water partition coefficient (Wildman–Crippen LogP) is 2.03. The van der Waals surface area contributed by atoms with E-state index in [1.54, 1.807) is 7.11 Å². The zero-order valence-corrected chi connectivity index (χ0v) is 14.6. The molecule has 7 nitrogen and oxygen atoms in total. The fourth-order valence-electron chi connectivity index (χ4n) is 3.12. The minimum Gasteiger partial charge on any atom is -0.396 e. The number of rotatable bonds is 8. The minimum absolute atomic E-state index is 0.307. The summed E-state index contributed by atoms with van der Waals surface area (Å²) in [4.78, 5) is 6.72. The highest BCUT2D eigenvalue weighted by Crippen LogP contribution is 2.22. The molecule has 0 bridgehead atoms. The van der Waals surface area contributed by atoms with Crippen molar-refractivity contribution in [3.8, 4) is 0 Å². The number of aliphatic hydroxyl groups is 1. The molecule has 25 heavy (non-hydrogen) atoms. The molecule has 0 aliphatic carbocycles. The monoisotopic (exact) mass is 346 g/mol. The van der Waals surface area contributed by atoms with Crippen LogP contribution in [-0.2, 0) is 24.4 Å². The molecular weight excluding hydrogens is 320 g/mol. The van der Waals surface area contributed by atoms with Crippen LogP contribution >= 0.6 is 0 Å². The Labute approximate surface area is 148 Å². The Hall–Kier alpha value is -1.96. The van der Waals surface area contributed by atoms with Crippen molar-refractivity contribution in [2.75, 3.05) is 32.1 Å². The average Bonchev–Trinajstić information content (AvgIpc) is 3.09. The van der Waals surface area contributed by atoms with Crippen molar-refractivity contribution < 1.29 is 14.4 Å². The van der Waals surface area contributed by atoms with E-state index in [0.717, 1.165) is 38.2 Å². The Morgan fingerprint density at radius 3 is 2.88 bits per heavy atom. The third-order valence-corrected chi connectivity index (χ3v) is 4.59. The largest absolute Gasteiger partial charge is 0.396 e. The topological polar surface area (TPSA) is 83.7 Å². The number of piperidine rings is 1. The molecule has 7 heteroatoms. The van der Waals surface area contributed by atoms with E-state index in [2.05, 4.69) is 38.6 Å².